The Morgan fingerprint density at radius 2 is 2.06 bits per heavy atom. The summed E-state index contributed by atoms with van der Waals surface area (Å²) in [5.74, 6) is 0. The Bertz CT molecular complexity index is 706. The van der Waals surface area contributed by atoms with Crippen LogP contribution in [-0.4, -0.2) is 10.7 Å². The van der Waals surface area contributed by atoms with Gasteiger partial charge in [0.1, 0.15) is 0 Å². The highest BCUT2D eigenvalue weighted by molar-refractivity contribution is 6.36. The molecule has 1 aromatic carbocycles. The highest BCUT2D eigenvalue weighted by atomic mass is 14.8. The number of pyridine rings is 1. The van der Waals surface area contributed by atoms with Crippen molar-refractivity contribution in [1.82, 2.24) is 4.98 Å². The number of aliphatic imine (C=N–C) groups is 1. The predicted octanol–water partition coefficient (Wildman–Crippen LogP) is 3.27. The average molecular weight is 204 g/mol. The fourth-order valence-corrected chi connectivity index (χ4v) is 2.30. The van der Waals surface area contributed by atoms with Gasteiger partial charge in [-0.1, -0.05) is 12.2 Å². The smallest absolute Gasteiger partial charge is 0.0722 e. The van der Waals surface area contributed by atoms with E-state index in [2.05, 4.69) is 34.3 Å². The number of nitrogens with zero attached hydrogens (tertiary/aromatic N) is 2. The lowest BCUT2D eigenvalue weighted by molar-refractivity contribution is 1.36. The van der Waals surface area contributed by atoms with Crippen molar-refractivity contribution in [2.24, 2.45) is 4.99 Å². The van der Waals surface area contributed by atoms with E-state index in [9.17, 15) is 0 Å². The molecule has 0 bridgehead atoms. The Balaban J connectivity index is 2.09. The van der Waals surface area contributed by atoms with E-state index in [4.69, 9.17) is 0 Å². The van der Waals surface area contributed by atoms with Crippen LogP contribution in [0.25, 0.3) is 16.3 Å². The van der Waals surface area contributed by atoms with Gasteiger partial charge in [-0.05, 0) is 29.7 Å². The van der Waals surface area contributed by atoms with Gasteiger partial charge in [0.15, 0.2) is 0 Å². The van der Waals surface area contributed by atoms with Gasteiger partial charge in [-0.25, -0.2) is 4.99 Å². The van der Waals surface area contributed by atoms with Gasteiger partial charge in [-0.2, -0.15) is 0 Å². The number of hydrogen-bond donors (Lipinski definition) is 0. The molecule has 0 saturated carbocycles. The molecule has 0 atom stereocenters. The number of rotatable bonds is 0. The summed E-state index contributed by atoms with van der Waals surface area (Å²) < 4.78 is 0. The second-order valence-corrected chi connectivity index (χ2v) is 4.03. The minimum Gasteiger partial charge on any atom is -0.264 e. The highest BCUT2D eigenvalue weighted by Crippen LogP contribution is 2.39. The fraction of sp³-hybridized carbons (Fsp3) is 0. The average Bonchev–Trinajstić information content (AvgIpc) is 2.86. The standard InChI is InChI=1S/C14H8N2/c1-2-11-12-6-10-8-15-5-4-9(10)7-14(12)16-13(11)3-1/h1-8H. The van der Waals surface area contributed by atoms with E-state index in [1.54, 1.807) is 0 Å². The van der Waals surface area contributed by atoms with Gasteiger partial charge in [-0.3, -0.25) is 4.98 Å². The second kappa shape index (κ2) is 2.67. The first-order valence-corrected chi connectivity index (χ1v) is 5.27. The van der Waals surface area contributed by atoms with Crippen molar-refractivity contribution in [3.8, 4) is 0 Å². The molecule has 16 heavy (non-hydrogen) atoms. The van der Waals surface area contributed by atoms with Crippen molar-refractivity contribution in [3.05, 3.63) is 54.4 Å². The molecule has 0 N–H and O–H groups in total. The quantitative estimate of drug-likeness (QED) is 0.646. The monoisotopic (exact) mass is 204 g/mol. The van der Waals surface area contributed by atoms with Crippen LogP contribution in [0.4, 0.5) is 5.69 Å². The molecule has 0 radical (unpaired) electrons. The molecule has 2 aliphatic rings. The van der Waals surface area contributed by atoms with Crippen LogP contribution in [0.15, 0.2) is 53.8 Å². The summed E-state index contributed by atoms with van der Waals surface area (Å²) in [5.41, 5.74) is 4.61. The van der Waals surface area contributed by atoms with Crippen molar-refractivity contribution >= 4 is 27.7 Å². The van der Waals surface area contributed by atoms with Crippen LogP contribution in [0.3, 0.4) is 0 Å². The molecule has 4 rings (SSSR count). The first-order chi connectivity index (χ1) is 7.92. The molecule has 1 aliphatic heterocycles. The summed E-state index contributed by atoms with van der Waals surface area (Å²) >= 11 is 0. The molecular formula is C14H8N2. The summed E-state index contributed by atoms with van der Waals surface area (Å²) in [5, 5.41) is 2.37. The SMILES string of the molecule is C1=CC2=Nc3cc4ccncc4cc3C2=C1. The maximum absolute atomic E-state index is 4.60. The second-order valence-electron chi connectivity index (χ2n) is 4.03. The number of allylic oxidation sites excluding steroid dienone is 4. The molecule has 0 saturated heterocycles. The Morgan fingerprint density at radius 3 is 3.06 bits per heavy atom. The molecule has 0 amide bonds. The lowest BCUT2D eigenvalue weighted by atomic mass is 10.0. The zero-order valence-electron chi connectivity index (χ0n) is 8.51. The molecule has 2 heterocycles. The van der Waals surface area contributed by atoms with Crippen molar-refractivity contribution in [1.29, 1.82) is 0 Å². The summed E-state index contributed by atoms with van der Waals surface area (Å²) in [6.45, 7) is 0. The summed E-state index contributed by atoms with van der Waals surface area (Å²) in [6.07, 6.45) is 9.93. The fourth-order valence-electron chi connectivity index (χ4n) is 2.30. The van der Waals surface area contributed by atoms with Crippen LogP contribution in [0.1, 0.15) is 5.56 Å². The Hall–Kier alpha value is -2.22. The number of fused-ring (bicyclic) bond motifs is 4. The molecule has 1 aliphatic carbocycles. The van der Waals surface area contributed by atoms with Crippen molar-refractivity contribution in [3.63, 3.8) is 0 Å². The lowest BCUT2D eigenvalue weighted by Gasteiger charge is -2.02. The number of hydrogen-bond acceptors (Lipinski definition) is 2. The van der Waals surface area contributed by atoms with Gasteiger partial charge < -0.3 is 0 Å². The van der Waals surface area contributed by atoms with E-state index >= 15 is 0 Å². The van der Waals surface area contributed by atoms with E-state index in [0.29, 0.717) is 0 Å². The topological polar surface area (TPSA) is 25.2 Å². The maximum Gasteiger partial charge on any atom is 0.0722 e. The third-order valence-electron chi connectivity index (χ3n) is 3.08. The third-order valence-corrected chi connectivity index (χ3v) is 3.08. The molecule has 74 valence electrons. The molecular weight excluding hydrogens is 196 g/mol. The predicted molar refractivity (Wildman–Crippen MR) is 66.0 cm³/mol. The Morgan fingerprint density at radius 1 is 1.06 bits per heavy atom. The lowest BCUT2D eigenvalue weighted by Crippen LogP contribution is -1.86. The molecule has 0 fully saturated rings. The summed E-state index contributed by atoms with van der Waals surface area (Å²) in [6, 6.07) is 6.33. The summed E-state index contributed by atoms with van der Waals surface area (Å²) in [4.78, 5) is 8.76. The molecule has 0 spiro atoms. The molecule has 1 aromatic heterocycles. The largest absolute Gasteiger partial charge is 0.264 e. The maximum atomic E-state index is 4.60. The van der Waals surface area contributed by atoms with Gasteiger partial charge in [0.05, 0.1) is 11.4 Å². The molecule has 2 nitrogen and oxygen atoms in total. The molecule has 0 unspecified atom stereocenters. The van der Waals surface area contributed by atoms with E-state index in [-0.39, 0.29) is 0 Å². The Labute approximate surface area is 92.7 Å². The van der Waals surface area contributed by atoms with Gasteiger partial charge in [0.2, 0.25) is 0 Å². The third kappa shape index (κ3) is 0.910. The molecule has 2 heteroatoms. The van der Waals surface area contributed by atoms with Crippen molar-refractivity contribution < 1.29 is 0 Å². The minimum absolute atomic E-state index is 1.07. The van der Waals surface area contributed by atoms with Crippen molar-refractivity contribution in [2.45, 2.75) is 0 Å². The van der Waals surface area contributed by atoms with E-state index < -0.39 is 0 Å². The van der Waals surface area contributed by atoms with Gasteiger partial charge in [0.25, 0.3) is 0 Å². The number of aromatic nitrogens is 1. The summed E-state index contributed by atoms with van der Waals surface area (Å²) in [7, 11) is 0. The zero-order valence-corrected chi connectivity index (χ0v) is 8.51. The van der Waals surface area contributed by atoms with Crippen LogP contribution in [0.5, 0.6) is 0 Å². The van der Waals surface area contributed by atoms with Gasteiger partial charge in [0, 0.05) is 28.9 Å². The Kier molecular flexibility index (Phi) is 1.33. The van der Waals surface area contributed by atoms with Crippen LogP contribution in [0.2, 0.25) is 0 Å². The van der Waals surface area contributed by atoms with Crippen LogP contribution in [-0.2, 0) is 0 Å². The first-order valence-electron chi connectivity index (χ1n) is 5.27. The van der Waals surface area contributed by atoms with Crippen LogP contribution >= 0.6 is 0 Å². The number of benzene rings is 1. The van der Waals surface area contributed by atoms with Crippen molar-refractivity contribution in [2.75, 3.05) is 0 Å². The zero-order chi connectivity index (χ0) is 10.5. The minimum atomic E-state index is 1.07. The van der Waals surface area contributed by atoms with E-state index in [1.807, 2.05) is 24.5 Å². The highest BCUT2D eigenvalue weighted by Gasteiger charge is 2.21. The van der Waals surface area contributed by atoms with Gasteiger partial charge in [-0.15, -0.1) is 0 Å². The molecule has 2 aromatic rings. The van der Waals surface area contributed by atoms with Gasteiger partial charge >= 0.3 is 0 Å². The van der Waals surface area contributed by atoms with Crippen LogP contribution < -0.4 is 0 Å². The van der Waals surface area contributed by atoms with E-state index in [0.717, 1.165) is 11.4 Å². The normalized spacial score (nSPS) is 16.0. The first kappa shape index (κ1) is 7.99. The van der Waals surface area contributed by atoms with Crippen LogP contribution in [0, 0.1) is 0 Å². The van der Waals surface area contributed by atoms with E-state index in [1.165, 1.54) is 21.9 Å².